The molecule has 22 heavy (non-hydrogen) atoms. The molecule has 1 aliphatic rings. The number of ether oxygens (including phenoxy) is 1. The first-order chi connectivity index (χ1) is 10.3. The molecule has 1 rings (SSSR count). The van der Waals surface area contributed by atoms with Gasteiger partial charge in [0.05, 0.1) is 25.9 Å². The smallest absolute Gasteiger partial charge is 0.320 e. The molecule has 6 heteroatoms. The highest BCUT2D eigenvalue weighted by molar-refractivity contribution is 5.72. The van der Waals surface area contributed by atoms with Gasteiger partial charge in [-0.2, -0.15) is 0 Å². The van der Waals surface area contributed by atoms with Crippen LogP contribution in [-0.2, 0) is 9.53 Å². The zero-order valence-electron chi connectivity index (χ0n) is 14.0. The van der Waals surface area contributed by atoms with Gasteiger partial charge in [0.1, 0.15) is 5.60 Å². The minimum atomic E-state index is -0.633. The molecule has 0 aromatic rings. The zero-order valence-corrected chi connectivity index (χ0v) is 14.0. The van der Waals surface area contributed by atoms with Gasteiger partial charge in [0.15, 0.2) is 0 Å². The summed E-state index contributed by atoms with van der Waals surface area (Å²) in [5.41, 5.74) is -0.633. The van der Waals surface area contributed by atoms with Crippen LogP contribution in [0.3, 0.4) is 0 Å². The van der Waals surface area contributed by atoms with Gasteiger partial charge in [-0.1, -0.05) is 13.8 Å². The molecular formula is C16H31NO5. The van der Waals surface area contributed by atoms with Gasteiger partial charge in [-0.15, -0.1) is 0 Å². The molecule has 0 radical (unpaired) electrons. The van der Waals surface area contributed by atoms with Crippen LogP contribution >= 0.6 is 0 Å². The molecule has 1 aliphatic carbocycles. The van der Waals surface area contributed by atoms with Crippen LogP contribution < -0.4 is 0 Å². The number of esters is 1. The first-order valence-corrected chi connectivity index (χ1v) is 8.15. The second-order valence-electron chi connectivity index (χ2n) is 6.87. The van der Waals surface area contributed by atoms with Crippen molar-refractivity contribution in [3.8, 4) is 0 Å². The molecule has 0 heterocycles. The number of carbonyl (C=O) groups excluding carboxylic acids is 1. The number of nitrogens with zero attached hydrogens (tertiary/aromatic N) is 1. The molecule has 0 saturated heterocycles. The molecule has 0 aromatic carbocycles. The topological polar surface area (TPSA) is 90.2 Å². The van der Waals surface area contributed by atoms with Crippen LogP contribution in [0, 0.1) is 11.8 Å². The van der Waals surface area contributed by atoms with Crippen molar-refractivity contribution in [2.24, 2.45) is 11.8 Å². The Kier molecular flexibility index (Phi) is 7.76. The second kappa shape index (κ2) is 8.82. The summed E-state index contributed by atoms with van der Waals surface area (Å²) in [6.07, 6.45) is 1.61. The van der Waals surface area contributed by atoms with Crippen LogP contribution in [0.1, 0.15) is 40.0 Å². The Morgan fingerprint density at radius 1 is 1.32 bits per heavy atom. The van der Waals surface area contributed by atoms with Crippen molar-refractivity contribution < 1.29 is 24.9 Å². The Bertz CT molecular complexity index is 343. The molecule has 0 amide bonds. The molecule has 0 bridgehead atoms. The summed E-state index contributed by atoms with van der Waals surface area (Å²) in [4.78, 5) is 13.7. The van der Waals surface area contributed by atoms with Gasteiger partial charge < -0.3 is 20.1 Å². The summed E-state index contributed by atoms with van der Waals surface area (Å²) < 4.78 is 5.60. The second-order valence-corrected chi connectivity index (χ2v) is 6.87. The van der Waals surface area contributed by atoms with E-state index in [0.717, 1.165) is 12.8 Å². The number of aliphatic hydroxyl groups is 3. The lowest BCUT2D eigenvalue weighted by Gasteiger charge is -2.41. The van der Waals surface area contributed by atoms with Crippen molar-refractivity contribution in [1.82, 2.24) is 4.90 Å². The SMILES string of the molecule is CC(C)[C@@H]1CC[C@@](C)(OC(=O)CN(CCO)CCO)C[C@H]1O. The van der Waals surface area contributed by atoms with Gasteiger partial charge in [-0.3, -0.25) is 9.69 Å². The molecule has 3 N–H and O–H groups in total. The van der Waals surface area contributed by atoms with Gasteiger partial charge in [-0.25, -0.2) is 0 Å². The highest BCUT2D eigenvalue weighted by Gasteiger charge is 2.40. The molecule has 1 saturated carbocycles. The summed E-state index contributed by atoms with van der Waals surface area (Å²) in [6, 6.07) is 0. The minimum Gasteiger partial charge on any atom is -0.458 e. The maximum atomic E-state index is 12.1. The fraction of sp³-hybridized carbons (Fsp3) is 0.938. The molecular weight excluding hydrogens is 286 g/mol. The number of rotatable bonds is 8. The highest BCUT2D eigenvalue weighted by Crippen LogP contribution is 2.38. The van der Waals surface area contributed by atoms with E-state index in [-0.39, 0.29) is 31.6 Å². The molecule has 0 spiro atoms. The molecule has 0 aliphatic heterocycles. The summed E-state index contributed by atoms with van der Waals surface area (Å²) in [7, 11) is 0. The molecule has 6 nitrogen and oxygen atoms in total. The molecule has 1 fully saturated rings. The first-order valence-electron chi connectivity index (χ1n) is 8.15. The predicted molar refractivity (Wildman–Crippen MR) is 83.3 cm³/mol. The largest absolute Gasteiger partial charge is 0.458 e. The average Bonchev–Trinajstić information content (AvgIpc) is 2.37. The molecule has 130 valence electrons. The van der Waals surface area contributed by atoms with Crippen molar-refractivity contribution in [3.63, 3.8) is 0 Å². The van der Waals surface area contributed by atoms with E-state index in [1.54, 1.807) is 4.90 Å². The normalized spacial score (nSPS) is 29.1. The predicted octanol–water partition coefficient (Wildman–Crippen LogP) is 0.392. The third kappa shape index (κ3) is 5.83. The Labute approximate surface area is 133 Å². The van der Waals surface area contributed by atoms with Crippen LogP contribution in [0.25, 0.3) is 0 Å². The van der Waals surface area contributed by atoms with Crippen molar-refractivity contribution in [1.29, 1.82) is 0 Å². The first kappa shape index (κ1) is 19.4. The fourth-order valence-electron chi connectivity index (χ4n) is 3.27. The quantitative estimate of drug-likeness (QED) is 0.561. The third-order valence-corrected chi connectivity index (χ3v) is 4.54. The van der Waals surface area contributed by atoms with Gasteiger partial charge in [0, 0.05) is 19.5 Å². The lowest BCUT2D eigenvalue weighted by atomic mass is 9.73. The number of hydrogen-bond acceptors (Lipinski definition) is 6. The minimum absolute atomic E-state index is 0.0421. The van der Waals surface area contributed by atoms with E-state index in [1.165, 1.54) is 0 Å². The van der Waals surface area contributed by atoms with Gasteiger partial charge in [-0.05, 0) is 31.6 Å². The molecule has 0 unspecified atom stereocenters. The fourth-order valence-corrected chi connectivity index (χ4v) is 3.27. The van der Waals surface area contributed by atoms with Crippen molar-refractivity contribution >= 4 is 5.97 Å². The van der Waals surface area contributed by atoms with E-state index in [2.05, 4.69) is 13.8 Å². The monoisotopic (exact) mass is 317 g/mol. The van der Waals surface area contributed by atoms with Crippen LogP contribution in [0.4, 0.5) is 0 Å². The molecule has 3 atom stereocenters. The number of hydrogen-bond donors (Lipinski definition) is 3. The summed E-state index contributed by atoms with van der Waals surface area (Å²) >= 11 is 0. The summed E-state index contributed by atoms with van der Waals surface area (Å²) in [5, 5.41) is 28.2. The Hall–Kier alpha value is -0.690. The lowest BCUT2D eigenvalue weighted by Crippen LogP contribution is -2.46. The molecule has 0 aromatic heterocycles. The van der Waals surface area contributed by atoms with E-state index in [1.807, 2.05) is 6.92 Å². The van der Waals surface area contributed by atoms with E-state index >= 15 is 0 Å². The van der Waals surface area contributed by atoms with Crippen LogP contribution in [-0.4, -0.2) is 70.7 Å². The van der Waals surface area contributed by atoms with E-state index < -0.39 is 11.7 Å². The van der Waals surface area contributed by atoms with Gasteiger partial charge in [0.2, 0.25) is 0 Å². The lowest BCUT2D eigenvalue weighted by molar-refractivity contribution is -0.169. The van der Waals surface area contributed by atoms with Crippen LogP contribution in [0.5, 0.6) is 0 Å². The van der Waals surface area contributed by atoms with Crippen LogP contribution in [0.2, 0.25) is 0 Å². The van der Waals surface area contributed by atoms with Gasteiger partial charge >= 0.3 is 5.97 Å². The van der Waals surface area contributed by atoms with Crippen molar-refractivity contribution in [2.75, 3.05) is 32.8 Å². The Morgan fingerprint density at radius 2 is 1.91 bits per heavy atom. The van der Waals surface area contributed by atoms with Gasteiger partial charge in [0.25, 0.3) is 0 Å². The maximum absolute atomic E-state index is 12.1. The Morgan fingerprint density at radius 3 is 2.36 bits per heavy atom. The van der Waals surface area contributed by atoms with E-state index in [9.17, 15) is 9.90 Å². The maximum Gasteiger partial charge on any atom is 0.320 e. The third-order valence-electron chi connectivity index (χ3n) is 4.54. The number of aliphatic hydroxyl groups excluding tert-OH is 3. The van der Waals surface area contributed by atoms with E-state index in [0.29, 0.717) is 25.4 Å². The zero-order chi connectivity index (χ0) is 16.8. The van der Waals surface area contributed by atoms with Crippen molar-refractivity contribution in [3.05, 3.63) is 0 Å². The van der Waals surface area contributed by atoms with Crippen molar-refractivity contribution in [2.45, 2.75) is 51.7 Å². The summed E-state index contributed by atoms with van der Waals surface area (Å²) in [5.74, 6) is 0.298. The van der Waals surface area contributed by atoms with E-state index in [4.69, 9.17) is 14.9 Å². The Balaban J connectivity index is 2.52. The number of carbonyl (C=O) groups is 1. The highest BCUT2D eigenvalue weighted by atomic mass is 16.6. The standard InChI is InChI=1S/C16H31NO5/c1-12(2)13-4-5-16(3,10-14(13)20)22-15(21)11-17(6-8-18)7-9-19/h12-14,18-20H,4-11H2,1-3H3/t13-,14+,16+/m0/s1. The van der Waals surface area contributed by atoms with Crippen LogP contribution in [0.15, 0.2) is 0 Å². The summed E-state index contributed by atoms with van der Waals surface area (Å²) in [6.45, 7) is 6.62. The average molecular weight is 317 g/mol.